The molecule has 3 nitrogen and oxygen atoms in total. The van der Waals surface area contributed by atoms with Gasteiger partial charge >= 0.3 is 0 Å². The highest BCUT2D eigenvalue weighted by Crippen LogP contribution is 2.29. The quantitative estimate of drug-likeness (QED) is 0.852. The van der Waals surface area contributed by atoms with Gasteiger partial charge in [-0.25, -0.2) is 0 Å². The summed E-state index contributed by atoms with van der Waals surface area (Å²) in [5, 5.41) is 0. The van der Waals surface area contributed by atoms with Crippen LogP contribution >= 0.6 is 15.9 Å². The molecule has 0 spiro atoms. The maximum absolute atomic E-state index is 5.90. The first-order chi connectivity index (χ1) is 8.22. The summed E-state index contributed by atoms with van der Waals surface area (Å²) in [4.78, 5) is 2.48. The number of likely N-dealkylation sites (tertiary alicyclic amines) is 1. The Morgan fingerprint density at radius 1 is 1.29 bits per heavy atom. The van der Waals surface area contributed by atoms with Gasteiger partial charge in [0.2, 0.25) is 0 Å². The van der Waals surface area contributed by atoms with Crippen molar-refractivity contribution in [1.82, 2.24) is 4.90 Å². The van der Waals surface area contributed by atoms with Gasteiger partial charge in [0, 0.05) is 29.8 Å². The van der Waals surface area contributed by atoms with Crippen LogP contribution in [-0.2, 0) is 11.3 Å². The monoisotopic (exact) mass is 296 g/mol. The summed E-state index contributed by atoms with van der Waals surface area (Å²) in [7, 11) is 0. The summed E-state index contributed by atoms with van der Waals surface area (Å²) in [6.45, 7) is 3.07. The molecule has 0 aliphatic carbocycles. The van der Waals surface area contributed by atoms with Crippen LogP contribution in [0.1, 0.15) is 18.4 Å². The van der Waals surface area contributed by atoms with Crippen LogP contribution < -0.4 is 5.73 Å². The summed E-state index contributed by atoms with van der Waals surface area (Å²) in [5.74, 6) is 0. The molecule has 2 bridgehead atoms. The van der Waals surface area contributed by atoms with E-state index in [-0.39, 0.29) is 0 Å². The number of anilines is 1. The molecule has 0 saturated carbocycles. The van der Waals surface area contributed by atoms with E-state index in [4.69, 9.17) is 10.5 Å². The summed E-state index contributed by atoms with van der Waals surface area (Å²) in [6.07, 6.45) is 3.35. The molecule has 92 valence electrons. The van der Waals surface area contributed by atoms with Gasteiger partial charge in [-0.3, -0.25) is 4.90 Å². The summed E-state index contributed by atoms with van der Waals surface area (Å²) in [5.41, 5.74) is 7.99. The lowest BCUT2D eigenvalue weighted by Crippen LogP contribution is -2.42. The lowest BCUT2D eigenvalue weighted by molar-refractivity contribution is -0.0411. The van der Waals surface area contributed by atoms with Crippen LogP contribution in [0.3, 0.4) is 0 Å². The van der Waals surface area contributed by atoms with E-state index in [0.29, 0.717) is 12.2 Å². The molecule has 1 aromatic carbocycles. The molecule has 4 heteroatoms. The zero-order valence-corrected chi connectivity index (χ0v) is 11.3. The van der Waals surface area contributed by atoms with E-state index in [0.717, 1.165) is 29.8 Å². The van der Waals surface area contributed by atoms with Gasteiger partial charge in [-0.15, -0.1) is 0 Å². The first kappa shape index (κ1) is 11.5. The number of hydrogen-bond acceptors (Lipinski definition) is 3. The van der Waals surface area contributed by atoms with Gasteiger partial charge in [0.25, 0.3) is 0 Å². The van der Waals surface area contributed by atoms with Gasteiger partial charge in [-0.05, 0) is 40.4 Å². The van der Waals surface area contributed by atoms with E-state index in [9.17, 15) is 0 Å². The number of morpholine rings is 1. The van der Waals surface area contributed by atoms with E-state index >= 15 is 0 Å². The van der Waals surface area contributed by atoms with Crippen LogP contribution in [0.15, 0.2) is 22.7 Å². The van der Waals surface area contributed by atoms with E-state index < -0.39 is 0 Å². The molecule has 0 amide bonds. The van der Waals surface area contributed by atoms with Crippen molar-refractivity contribution in [2.75, 3.05) is 18.8 Å². The van der Waals surface area contributed by atoms with Crippen molar-refractivity contribution in [2.45, 2.75) is 31.6 Å². The fraction of sp³-hybridized carbons (Fsp3) is 0.538. The molecule has 1 aromatic rings. The largest absolute Gasteiger partial charge is 0.398 e. The summed E-state index contributed by atoms with van der Waals surface area (Å²) >= 11 is 3.57. The van der Waals surface area contributed by atoms with Crippen LogP contribution in [0.2, 0.25) is 0 Å². The standard InChI is InChI=1S/C13H17BrN2O/c14-13-9(2-1-3-12(13)15)6-16-7-10-4-5-11(8-16)17-10/h1-3,10-11H,4-8,15H2. The average molecular weight is 297 g/mol. The highest BCUT2D eigenvalue weighted by atomic mass is 79.9. The topological polar surface area (TPSA) is 38.5 Å². The van der Waals surface area contributed by atoms with Crippen LogP contribution in [-0.4, -0.2) is 30.2 Å². The Bertz CT molecular complexity index is 412. The molecule has 2 heterocycles. The molecule has 3 rings (SSSR count). The molecular formula is C13H17BrN2O. The fourth-order valence-electron chi connectivity index (χ4n) is 2.79. The predicted octanol–water partition coefficient (Wildman–Crippen LogP) is 2.39. The van der Waals surface area contributed by atoms with Crippen LogP contribution in [0.4, 0.5) is 5.69 Å². The average Bonchev–Trinajstić information content (AvgIpc) is 2.65. The number of fused-ring (bicyclic) bond motifs is 2. The maximum Gasteiger partial charge on any atom is 0.0707 e. The first-order valence-electron chi connectivity index (χ1n) is 6.13. The van der Waals surface area contributed by atoms with E-state index in [1.807, 2.05) is 12.1 Å². The SMILES string of the molecule is Nc1cccc(CN2CC3CCC(C2)O3)c1Br. The minimum absolute atomic E-state index is 0.452. The van der Waals surface area contributed by atoms with Crippen LogP contribution in [0.25, 0.3) is 0 Å². The Morgan fingerprint density at radius 2 is 2.00 bits per heavy atom. The van der Waals surface area contributed by atoms with Crippen molar-refractivity contribution in [1.29, 1.82) is 0 Å². The molecule has 0 radical (unpaired) electrons. The van der Waals surface area contributed by atoms with E-state index in [2.05, 4.69) is 26.9 Å². The molecule has 2 aliphatic heterocycles. The number of hydrogen-bond donors (Lipinski definition) is 1. The second-order valence-corrected chi connectivity index (χ2v) is 5.76. The van der Waals surface area contributed by atoms with Crippen molar-refractivity contribution in [2.24, 2.45) is 0 Å². The zero-order chi connectivity index (χ0) is 11.8. The van der Waals surface area contributed by atoms with Crippen molar-refractivity contribution in [3.63, 3.8) is 0 Å². The first-order valence-corrected chi connectivity index (χ1v) is 6.92. The van der Waals surface area contributed by atoms with Crippen molar-refractivity contribution in [3.05, 3.63) is 28.2 Å². The van der Waals surface area contributed by atoms with Crippen LogP contribution in [0.5, 0.6) is 0 Å². The Morgan fingerprint density at radius 3 is 2.71 bits per heavy atom. The molecule has 2 fully saturated rings. The van der Waals surface area contributed by atoms with Crippen molar-refractivity contribution < 1.29 is 4.74 Å². The van der Waals surface area contributed by atoms with Gasteiger partial charge in [-0.2, -0.15) is 0 Å². The Balaban J connectivity index is 1.72. The minimum Gasteiger partial charge on any atom is -0.398 e. The van der Waals surface area contributed by atoms with E-state index in [1.54, 1.807) is 0 Å². The fourth-order valence-corrected chi connectivity index (χ4v) is 3.18. The third kappa shape index (κ3) is 2.34. The number of ether oxygens (including phenoxy) is 1. The Labute approximate surface area is 110 Å². The lowest BCUT2D eigenvalue weighted by atomic mass is 10.1. The molecular weight excluding hydrogens is 280 g/mol. The number of rotatable bonds is 2. The molecule has 2 N–H and O–H groups in total. The van der Waals surface area contributed by atoms with Crippen LogP contribution in [0, 0.1) is 0 Å². The molecule has 0 aromatic heterocycles. The number of halogens is 1. The minimum atomic E-state index is 0.452. The molecule has 2 atom stereocenters. The molecule has 2 aliphatic rings. The van der Waals surface area contributed by atoms with Crippen molar-refractivity contribution >= 4 is 21.6 Å². The maximum atomic E-state index is 5.90. The molecule has 2 unspecified atom stereocenters. The number of benzene rings is 1. The van der Waals surface area contributed by atoms with Crippen molar-refractivity contribution in [3.8, 4) is 0 Å². The number of nitrogens with zero attached hydrogens (tertiary/aromatic N) is 1. The normalized spacial score (nSPS) is 28.5. The second kappa shape index (κ2) is 4.59. The zero-order valence-electron chi connectivity index (χ0n) is 9.73. The third-order valence-corrected chi connectivity index (χ3v) is 4.59. The van der Waals surface area contributed by atoms with Gasteiger partial charge in [0.15, 0.2) is 0 Å². The number of nitrogens with two attached hydrogens (primary N) is 1. The second-order valence-electron chi connectivity index (χ2n) is 4.97. The summed E-state index contributed by atoms with van der Waals surface area (Å²) < 4.78 is 6.88. The molecule has 2 saturated heterocycles. The summed E-state index contributed by atoms with van der Waals surface area (Å²) in [6, 6.07) is 6.08. The highest BCUT2D eigenvalue weighted by Gasteiger charge is 2.33. The van der Waals surface area contributed by atoms with Gasteiger partial charge in [-0.1, -0.05) is 12.1 Å². The lowest BCUT2D eigenvalue weighted by Gasteiger charge is -2.32. The smallest absolute Gasteiger partial charge is 0.0707 e. The van der Waals surface area contributed by atoms with E-state index in [1.165, 1.54) is 18.4 Å². The Hall–Kier alpha value is -0.580. The van der Waals surface area contributed by atoms with Gasteiger partial charge in [0.1, 0.15) is 0 Å². The third-order valence-electron chi connectivity index (χ3n) is 3.62. The van der Waals surface area contributed by atoms with Gasteiger partial charge < -0.3 is 10.5 Å². The Kier molecular flexibility index (Phi) is 3.11. The number of nitrogen functional groups attached to an aromatic ring is 1. The predicted molar refractivity (Wildman–Crippen MR) is 71.7 cm³/mol. The molecule has 17 heavy (non-hydrogen) atoms. The van der Waals surface area contributed by atoms with Gasteiger partial charge in [0.05, 0.1) is 12.2 Å². The highest BCUT2D eigenvalue weighted by molar-refractivity contribution is 9.10.